The summed E-state index contributed by atoms with van der Waals surface area (Å²) in [6.07, 6.45) is 0.585. The molecule has 0 radical (unpaired) electrons. The molecule has 0 unspecified atom stereocenters. The number of likely N-dealkylation sites (N-methyl/N-ethyl adjacent to an activating group) is 1. The highest BCUT2D eigenvalue weighted by Crippen LogP contribution is 2.33. The second-order valence-electron chi connectivity index (χ2n) is 22.3. The second-order valence-corrected chi connectivity index (χ2v) is 22.3. The van der Waals surface area contributed by atoms with Crippen LogP contribution in [0.5, 0.6) is 0 Å². The lowest BCUT2D eigenvalue weighted by molar-refractivity contribution is -0.158. The van der Waals surface area contributed by atoms with Gasteiger partial charge in [-0.1, -0.05) is 111 Å². The van der Waals surface area contributed by atoms with Crippen LogP contribution in [-0.2, 0) is 68.7 Å². The number of ether oxygens (including phenoxy) is 1. The Hall–Kier alpha value is -7.26. The Morgan fingerprint density at radius 1 is 0.631 bits per heavy atom. The maximum Gasteiger partial charge on any atom is 0.329 e. The van der Waals surface area contributed by atoms with E-state index < -0.39 is 193 Å². The zero-order valence-electron chi connectivity index (χ0n) is 50.3. The second kappa shape index (κ2) is 33.9. The average molecular weight is 1190 g/mol. The third-order valence-corrected chi connectivity index (χ3v) is 16.1. The van der Waals surface area contributed by atoms with Gasteiger partial charge in [0.15, 0.2) is 0 Å². The number of rotatable bonds is 30. The SMILES string of the molecule is CC[C@H](C)[C@H](NC(=O)[C@@H](Cc1ccccc1)NC)C(=O)N[C@@H](CO)C(=O)N[C@H](CCC(N)=O)C(=O)N[C@@H](C(=O)N[C@H](C(=O)N[C@@H](CO)C(=O)N[C@H]1C(=O)N[C@@H](C)C(=O)NC2(CCC2)C(=O)N[C@@H]([C@@H](C)CC)C(=O)O[C@H]1C)[C@@H](C)CC)[C@@H](C)CC. The standard InChI is InChI=1S/C57H92N12O15/c1-12-29(5)41(65-48(75)37(59-11)26-35-20-17-16-18-21-35)51(78)62-38(27-70)49(76)61-36(22-23-40(58)72)47(74)64-43(31(7)14-3)53(80)66-42(30(6)13-2)52(79)63-39(28-71)50(77)67-45-34(10)84-55(82)44(32(8)15-4)68-56(83)57(24-19-25-57)69-46(73)33(9)60-54(45)81/h16-18,20-21,29-34,36-39,41-45,59,70-71H,12-15,19,22-28H2,1-11H3,(H2,58,72)(H,60,81)(H,61,76)(H,62,78)(H,63,79)(H,64,74)(H,65,75)(H,66,80)(H,67,77)(H,68,83)(H,69,73)/t29-,30-,31-,32-,33-,34-,36+,37+,38-,39-,41-,42-,43+,44-,45+/m0/s1. The monoisotopic (exact) mass is 1180 g/mol. The van der Waals surface area contributed by atoms with Crippen molar-refractivity contribution < 1.29 is 72.5 Å². The summed E-state index contributed by atoms with van der Waals surface area (Å²) in [7, 11) is 1.60. The fourth-order valence-electron chi connectivity index (χ4n) is 9.35. The Labute approximate surface area is 491 Å². The molecule has 15 N–H and O–H groups in total. The van der Waals surface area contributed by atoms with E-state index in [1.165, 1.54) is 13.8 Å². The van der Waals surface area contributed by atoms with Gasteiger partial charge in [-0.2, -0.15) is 0 Å². The van der Waals surface area contributed by atoms with Crippen LogP contribution in [0.1, 0.15) is 133 Å². The van der Waals surface area contributed by atoms with E-state index in [1.54, 1.807) is 62.4 Å². The maximum absolute atomic E-state index is 14.4. The van der Waals surface area contributed by atoms with Gasteiger partial charge >= 0.3 is 5.97 Å². The first-order valence-electron chi connectivity index (χ1n) is 29.1. The van der Waals surface area contributed by atoms with Crippen LogP contribution in [0.4, 0.5) is 0 Å². The minimum atomic E-state index is -1.80. The van der Waals surface area contributed by atoms with Gasteiger partial charge in [0.25, 0.3) is 0 Å². The molecule has 1 aliphatic heterocycles. The Morgan fingerprint density at radius 2 is 1.10 bits per heavy atom. The molecule has 0 bridgehead atoms. The third kappa shape index (κ3) is 19.9. The first-order chi connectivity index (χ1) is 39.6. The number of hydrogen-bond donors (Lipinski definition) is 14. The summed E-state index contributed by atoms with van der Waals surface area (Å²) in [5.41, 5.74) is 4.98. The molecule has 2 aliphatic rings. The van der Waals surface area contributed by atoms with Crippen LogP contribution in [-0.4, -0.2) is 173 Å². The number of aliphatic hydroxyl groups is 2. The molecule has 11 amide bonds. The molecular weight excluding hydrogens is 1090 g/mol. The molecule has 470 valence electrons. The Morgan fingerprint density at radius 3 is 1.55 bits per heavy atom. The molecule has 15 atom stereocenters. The largest absolute Gasteiger partial charge is 0.458 e. The zero-order valence-corrected chi connectivity index (χ0v) is 50.3. The fraction of sp³-hybridized carbons (Fsp3) is 0.684. The lowest BCUT2D eigenvalue weighted by Crippen LogP contribution is -2.67. The molecule has 1 saturated carbocycles. The Kier molecular flexibility index (Phi) is 28.6. The number of cyclic esters (lactones) is 1. The van der Waals surface area contributed by atoms with Crippen molar-refractivity contribution in [3.05, 3.63) is 35.9 Å². The van der Waals surface area contributed by atoms with Crippen LogP contribution in [0.3, 0.4) is 0 Å². The Balaban J connectivity index is 1.84. The number of esters is 1. The summed E-state index contributed by atoms with van der Waals surface area (Å²) in [5.74, 6) is -12.7. The number of carbonyl (C=O) groups excluding carboxylic acids is 12. The lowest BCUT2D eigenvalue weighted by atomic mass is 9.75. The summed E-state index contributed by atoms with van der Waals surface area (Å²) >= 11 is 0. The third-order valence-electron chi connectivity index (χ3n) is 16.1. The van der Waals surface area contributed by atoms with Crippen molar-refractivity contribution in [2.75, 3.05) is 20.3 Å². The van der Waals surface area contributed by atoms with E-state index in [9.17, 15) is 67.7 Å². The number of benzene rings is 1. The van der Waals surface area contributed by atoms with Crippen LogP contribution >= 0.6 is 0 Å². The minimum Gasteiger partial charge on any atom is -0.458 e. The molecular formula is C57H92N12O15. The summed E-state index contributed by atoms with van der Waals surface area (Å²) in [6.45, 7) is 14.3. The predicted octanol–water partition coefficient (Wildman–Crippen LogP) is -2.38. The molecule has 3 rings (SSSR count). The van der Waals surface area contributed by atoms with Gasteiger partial charge in [-0.3, -0.25) is 52.7 Å². The van der Waals surface area contributed by atoms with Gasteiger partial charge in [-0.15, -0.1) is 0 Å². The normalized spacial score (nSPS) is 22.0. The van der Waals surface area contributed by atoms with Crippen molar-refractivity contribution in [1.82, 2.24) is 58.5 Å². The molecule has 1 heterocycles. The van der Waals surface area contributed by atoms with Crippen molar-refractivity contribution in [1.29, 1.82) is 0 Å². The molecule has 1 aromatic carbocycles. The van der Waals surface area contributed by atoms with E-state index in [4.69, 9.17) is 10.5 Å². The number of primary amides is 1. The van der Waals surface area contributed by atoms with Gasteiger partial charge in [-0.05, 0) is 82.2 Å². The first kappa shape index (κ1) is 71.0. The average Bonchev–Trinajstić information content (AvgIpc) is 2.32. The molecule has 27 nitrogen and oxygen atoms in total. The molecule has 1 aromatic rings. The number of hydrogen-bond acceptors (Lipinski definition) is 16. The van der Waals surface area contributed by atoms with E-state index in [0.717, 1.165) is 5.56 Å². The van der Waals surface area contributed by atoms with Crippen LogP contribution in [0.25, 0.3) is 0 Å². The van der Waals surface area contributed by atoms with Gasteiger partial charge in [0, 0.05) is 6.42 Å². The molecule has 84 heavy (non-hydrogen) atoms. The van der Waals surface area contributed by atoms with E-state index in [2.05, 4.69) is 58.5 Å². The summed E-state index contributed by atoms with van der Waals surface area (Å²) in [6, 6.07) is -4.83. The van der Waals surface area contributed by atoms with Crippen LogP contribution < -0.4 is 64.2 Å². The van der Waals surface area contributed by atoms with Gasteiger partial charge in [0.05, 0.1) is 19.3 Å². The van der Waals surface area contributed by atoms with Crippen molar-refractivity contribution in [2.45, 2.75) is 206 Å². The predicted molar refractivity (Wildman–Crippen MR) is 307 cm³/mol. The molecule has 1 spiro atoms. The van der Waals surface area contributed by atoms with E-state index in [1.807, 2.05) is 30.3 Å². The van der Waals surface area contributed by atoms with Gasteiger partial charge < -0.3 is 79.2 Å². The van der Waals surface area contributed by atoms with E-state index >= 15 is 0 Å². The van der Waals surface area contributed by atoms with Crippen molar-refractivity contribution in [3.8, 4) is 0 Å². The number of nitrogens with two attached hydrogens (primary N) is 1. The molecule has 1 aliphatic carbocycles. The smallest absolute Gasteiger partial charge is 0.329 e. The number of nitrogens with one attached hydrogen (secondary N) is 11. The Bertz CT molecular complexity index is 2460. The highest BCUT2D eigenvalue weighted by molar-refractivity contribution is 6.00. The zero-order chi connectivity index (χ0) is 63.2. The topological polar surface area (TPSA) is 413 Å². The number of aliphatic hydroxyl groups excluding tert-OH is 2. The lowest BCUT2D eigenvalue weighted by Gasteiger charge is -2.42. The molecule has 27 heteroatoms. The molecule has 0 aromatic heterocycles. The van der Waals surface area contributed by atoms with Crippen LogP contribution in [0, 0.1) is 23.7 Å². The van der Waals surface area contributed by atoms with Gasteiger partial charge in [0.2, 0.25) is 65.0 Å². The van der Waals surface area contributed by atoms with Crippen LogP contribution in [0.15, 0.2) is 30.3 Å². The first-order valence-corrected chi connectivity index (χ1v) is 29.1. The number of amides is 11. The van der Waals surface area contributed by atoms with Crippen molar-refractivity contribution in [2.24, 2.45) is 29.4 Å². The van der Waals surface area contributed by atoms with Gasteiger partial charge in [0.1, 0.15) is 66.0 Å². The highest BCUT2D eigenvalue weighted by atomic mass is 16.5. The summed E-state index contributed by atoms with van der Waals surface area (Å²) in [4.78, 5) is 165. The van der Waals surface area contributed by atoms with Crippen molar-refractivity contribution >= 4 is 70.9 Å². The number of carbonyl (C=O) groups is 12. The quantitative estimate of drug-likeness (QED) is 0.0358. The fourth-order valence-corrected chi connectivity index (χ4v) is 9.35. The van der Waals surface area contributed by atoms with Crippen molar-refractivity contribution in [3.63, 3.8) is 0 Å². The summed E-state index contributed by atoms with van der Waals surface area (Å²) < 4.78 is 5.71. The molecule has 2 fully saturated rings. The van der Waals surface area contributed by atoms with Gasteiger partial charge in [-0.25, -0.2) is 4.79 Å². The maximum atomic E-state index is 14.4. The van der Waals surface area contributed by atoms with E-state index in [-0.39, 0.29) is 25.7 Å². The summed E-state index contributed by atoms with van der Waals surface area (Å²) in [5, 5.41) is 49.5. The highest BCUT2D eigenvalue weighted by Gasteiger charge is 2.49. The van der Waals surface area contributed by atoms with E-state index in [0.29, 0.717) is 25.7 Å². The van der Waals surface area contributed by atoms with Crippen LogP contribution in [0.2, 0.25) is 0 Å². The molecule has 1 saturated heterocycles. The minimum absolute atomic E-state index is 0.268.